The molecule has 92 valence electrons. The van der Waals surface area contributed by atoms with Crippen molar-refractivity contribution in [3.63, 3.8) is 0 Å². The van der Waals surface area contributed by atoms with Gasteiger partial charge in [-0.15, -0.1) is 0 Å². The summed E-state index contributed by atoms with van der Waals surface area (Å²) in [4.78, 5) is 22.6. The van der Waals surface area contributed by atoms with Gasteiger partial charge in [-0.3, -0.25) is 9.59 Å². The predicted octanol–water partition coefficient (Wildman–Crippen LogP) is 1.06. The lowest BCUT2D eigenvalue weighted by Crippen LogP contribution is -2.42. The Bertz CT molecular complexity index is 448. The summed E-state index contributed by atoms with van der Waals surface area (Å²) in [6.45, 7) is 1.53. The van der Waals surface area contributed by atoms with Gasteiger partial charge in [-0.05, 0) is 41.1 Å². The Hall–Kier alpha value is -1.56. The molecule has 1 aromatic rings. The summed E-state index contributed by atoms with van der Waals surface area (Å²) in [5.74, 6) is -0.315. The van der Waals surface area contributed by atoms with E-state index in [1.807, 2.05) is 0 Å². The summed E-state index contributed by atoms with van der Waals surface area (Å²) in [6.07, 6.45) is 0. The summed E-state index contributed by atoms with van der Waals surface area (Å²) >= 11 is 3.26. The Labute approximate surface area is 107 Å². The van der Waals surface area contributed by atoms with Gasteiger partial charge in [0.25, 0.3) is 5.91 Å². The van der Waals surface area contributed by atoms with Crippen LogP contribution in [-0.2, 0) is 4.79 Å². The zero-order valence-corrected chi connectivity index (χ0v) is 11.1. The Balaban J connectivity index is 2.86. The van der Waals surface area contributed by atoms with Gasteiger partial charge in [-0.25, -0.2) is 0 Å². The van der Waals surface area contributed by atoms with E-state index in [0.29, 0.717) is 15.8 Å². The van der Waals surface area contributed by atoms with Crippen LogP contribution < -0.4 is 15.8 Å². The first-order valence-electron chi connectivity index (χ1n) is 4.89. The van der Waals surface area contributed by atoms with E-state index in [9.17, 15) is 9.59 Å². The van der Waals surface area contributed by atoms with Gasteiger partial charge in [-0.1, -0.05) is 0 Å². The summed E-state index contributed by atoms with van der Waals surface area (Å²) in [5.41, 5.74) is 5.48. The van der Waals surface area contributed by atoms with E-state index >= 15 is 0 Å². The van der Waals surface area contributed by atoms with Gasteiger partial charge < -0.3 is 15.8 Å². The maximum absolute atomic E-state index is 11.8. The van der Waals surface area contributed by atoms with Crippen molar-refractivity contribution >= 4 is 27.7 Å². The fourth-order valence-corrected chi connectivity index (χ4v) is 1.69. The molecule has 1 aromatic carbocycles. The normalized spacial score (nSPS) is 11.7. The number of methoxy groups -OCH3 is 1. The first kappa shape index (κ1) is 13.5. The van der Waals surface area contributed by atoms with Crippen molar-refractivity contribution in [3.05, 3.63) is 28.2 Å². The molecule has 0 aliphatic rings. The topological polar surface area (TPSA) is 81.4 Å². The molecule has 0 radical (unpaired) electrons. The molecule has 0 fully saturated rings. The van der Waals surface area contributed by atoms with E-state index in [4.69, 9.17) is 10.5 Å². The Kier molecular flexibility index (Phi) is 4.51. The van der Waals surface area contributed by atoms with E-state index in [1.165, 1.54) is 14.0 Å². The van der Waals surface area contributed by atoms with Crippen LogP contribution in [0.1, 0.15) is 17.3 Å². The maximum atomic E-state index is 11.8. The van der Waals surface area contributed by atoms with Gasteiger partial charge in [0.15, 0.2) is 0 Å². The number of hydrogen-bond acceptors (Lipinski definition) is 3. The number of carbonyl (C=O) groups excluding carboxylic acids is 2. The molecule has 3 N–H and O–H groups in total. The van der Waals surface area contributed by atoms with E-state index in [-0.39, 0.29) is 5.91 Å². The second kappa shape index (κ2) is 5.67. The molecule has 0 aliphatic heterocycles. The number of nitrogens with two attached hydrogens (primary N) is 1. The fourth-order valence-electron chi connectivity index (χ4n) is 1.15. The van der Waals surface area contributed by atoms with Crippen LogP contribution in [0, 0.1) is 0 Å². The molecule has 0 saturated carbocycles. The second-order valence-corrected chi connectivity index (χ2v) is 4.30. The van der Waals surface area contributed by atoms with Crippen molar-refractivity contribution in [2.45, 2.75) is 13.0 Å². The van der Waals surface area contributed by atoms with E-state index < -0.39 is 11.9 Å². The maximum Gasteiger partial charge on any atom is 0.253 e. The first-order valence-corrected chi connectivity index (χ1v) is 5.68. The van der Waals surface area contributed by atoms with Crippen molar-refractivity contribution in [1.82, 2.24) is 5.32 Å². The van der Waals surface area contributed by atoms with Gasteiger partial charge in [-0.2, -0.15) is 0 Å². The number of hydrogen-bond donors (Lipinski definition) is 2. The fraction of sp³-hybridized carbons (Fsp3) is 0.273. The predicted molar refractivity (Wildman–Crippen MR) is 66.8 cm³/mol. The molecule has 0 aromatic heterocycles. The zero-order valence-electron chi connectivity index (χ0n) is 9.49. The van der Waals surface area contributed by atoms with Gasteiger partial charge in [0.2, 0.25) is 5.91 Å². The molecule has 2 amide bonds. The molecule has 0 unspecified atom stereocenters. The van der Waals surface area contributed by atoms with Crippen LogP contribution in [0.15, 0.2) is 22.7 Å². The van der Waals surface area contributed by atoms with Crippen molar-refractivity contribution in [1.29, 1.82) is 0 Å². The van der Waals surface area contributed by atoms with Gasteiger partial charge >= 0.3 is 0 Å². The average molecular weight is 301 g/mol. The largest absolute Gasteiger partial charge is 0.497 e. The summed E-state index contributed by atoms with van der Waals surface area (Å²) in [6, 6.07) is 4.22. The summed E-state index contributed by atoms with van der Waals surface area (Å²) < 4.78 is 5.60. The van der Waals surface area contributed by atoms with Crippen LogP contribution >= 0.6 is 15.9 Å². The lowest BCUT2D eigenvalue weighted by atomic mass is 10.2. The first-order chi connectivity index (χ1) is 7.95. The molecule has 1 rings (SSSR count). The van der Waals surface area contributed by atoms with Crippen molar-refractivity contribution in [2.75, 3.05) is 7.11 Å². The number of amides is 2. The van der Waals surface area contributed by atoms with E-state index in [1.54, 1.807) is 18.2 Å². The van der Waals surface area contributed by atoms with E-state index in [2.05, 4.69) is 21.2 Å². The number of ether oxygens (including phenoxy) is 1. The van der Waals surface area contributed by atoms with Gasteiger partial charge in [0.05, 0.1) is 12.7 Å². The van der Waals surface area contributed by atoms with Gasteiger partial charge in [0.1, 0.15) is 11.8 Å². The van der Waals surface area contributed by atoms with Crippen LogP contribution in [0.5, 0.6) is 5.75 Å². The molecule has 6 heteroatoms. The lowest BCUT2D eigenvalue weighted by Gasteiger charge is -2.11. The number of halogens is 1. The minimum atomic E-state index is -0.712. The van der Waals surface area contributed by atoms with Gasteiger partial charge in [0, 0.05) is 4.47 Å². The smallest absolute Gasteiger partial charge is 0.253 e. The minimum absolute atomic E-state index is 0.370. The molecule has 0 bridgehead atoms. The van der Waals surface area contributed by atoms with E-state index in [0.717, 1.165) is 0 Å². The molecule has 0 spiro atoms. The minimum Gasteiger partial charge on any atom is -0.497 e. The van der Waals surface area contributed by atoms with Crippen LogP contribution in [-0.4, -0.2) is 25.0 Å². The Morgan fingerprint density at radius 3 is 2.59 bits per heavy atom. The highest BCUT2D eigenvalue weighted by molar-refractivity contribution is 9.10. The Morgan fingerprint density at radius 2 is 2.12 bits per heavy atom. The third-order valence-electron chi connectivity index (χ3n) is 2.20. The molecule has 0 saturated heterocycles. The average Bonchev–Trinajstić information content (AvgIpc) is 2.28. The number of primary amides is 1. The quantitative estimate of drug-likeness (QED) is 0.872. The number of nitrogens with one attached hydrogen (secondary N) is 1. The molecule has 17 heavy (non-hydrogen) atoms. The second-order valence-electron chi connectivity index (χ2n) is 3.44. The summed E-state index contributed by atoms with van der Waals surface area (Å²) in [7, 11) is 1.54. The van der Waals surface area contributed by atoms with Crippen molar-refractivity contribution < 1.29 is 14.3 Å². The highest BCUT2D eigenvalue weighted by Crippen LogP contribution is 2.22. The third kappa shape index (κ3) is 3.45. The number of rotatable bonds is 4. The highest BCUT2D eigenvalue weighted by Gasteiger charge is 2.16. The Morgan fingerprint density at radius 1 is 1.47 bits per heavy atom. The van der Waals surface area contributed by atoms with Crippen LogP contribution in [0.2, 0.25) is 0 Å². The zero-order chi connectivity index (χ0) is 13.0. The van der Waals surface area contributed by atoms with Crippen molar-refractivity contribution in [2.24, 2.45) is 5.73 Å². The van der Waals surface area contributed by atoms with Crippen LogP contribution in [0.3, 0.4) is 0 Å². The third-order valence-corrected chi connectivity index (χ3v) is 2.85. The monoisotopic (exact) mass is 300 g/mol. The molecule has 0 aliphatic carbocycles. The van der Waals surface area contributed by atoms with Crippen molar-refractivity contribution in [3.8, 4) is 5.75 Å². The lowest BCUT2D eigenvalue weighted by molar-refractivity contribution is -0.119. The van der Waals surface area contributed by atoms with Crippen LogP contribution in [0.4, 0.5) is 0 Å². The highest BCUT2D eigenvalue weighted by atomic mass is 79.9. The molecule has 1 atom stereocenters. The SMILES string of the molecule is COc1ccc(C(=O)N[C@H](C)C(N)=O)c(Br)c1. The molecular formula is C11H13BrN2O3. The number of carbonyl (C=O) groups is 2. The molecule has 0 heterocycles. The van der Waals surface area contributed by atoms with Crippen LogP contribution in [0.25, 0.3) is 0 Å². The number of benzene rings is 1. The standard InChI is InChI=1S/C11H13BrN2O3/c1-6(10(13)15)14-11(16)8-4-3-7(17-2)5-9(8)12/h3-6H,1-2H3,(H2,13,15)(H,14,16)/t6-/m1/s1. The molecular weight excluding hydrogens is 288 g/mol. The summed E-state index contributed by atoms with van der Waals surface area (Å²) in [5, 5.41) is 2.49. The molecule has 5 nitrogen and oxygen atoms in total.